The largest absolute Gasteiger partial charge is 0.481 e. The second-order valence-corrected chi connectivity index (χ2v) is 3.48. The van der Waals surface area contributed by atoms with Crippen LogP contribution in [-0.4, -0.2) is 11.1 Å². The van der Waals surface area contributed by atoms with Crippen molar-refractivity contribution in [3.05, 3.63) is 34.9 Å². The normalized spacial score (nSPS) is 22.7. The fraction of sp³-hybridized carbons (Fsp3) is 0.364. The molecule has 0 saturated heterocycles. The molecule has 1 rings (SSSR count). The van der Waals surface area contributed by atoms with E-state index in [0.29, 0.717) is 0 Å². The highest BCUT2D eigenvalue weighted by Gasteiger charge is 2.21. The van der Waals surface area contributed by atoms with Gasteiger partial charge in [0.1, 0.15) is 0 Å². The molecule has 2 nitrogen and oxygen atoms in total. The third-order valence-electron chi connectivity index (χ3n) is 2.22. The van der Waals surface area contributed by atoms with Crippen molar-refractivity contribution in [2.24, 2.45) is 5.92 Å². The molecule has 0 heterocycles. The van der Waals surface area contributed by atoms with Crippen LogP contribution >= 0.6 is 0 Å². The van der Waals surface area contributed by atoms with E-state index in [1.54, 1.807) is 0 Å². The third-order valence-corrected chi connectivity index (χ3v) is 2.22. The lowest BCUT2D eigenvalue weighted by atomic mass is 9.93. The smallest absolute Gasteiger partial charge is 0.314 e. The van der Waals surface area contributed by atoms with Crippen LogP contribution in [0.5, 0.6) is 0 Å². The summed E-state index contributed by atoms with van der Waals surface area (Å²) in [6, 6.07) is 0. The monoisotopic (exact) mass is 178 g/mol. The zero-order chi connectivity index (χ0) is 10.0. The third kappa shape index (κ3) is 2.08. The van der Waals surface area contributed by atoms with E-state index in [9.17, 15) is 4.79 Å². The minimum atomic E-state index is -0.773. The molecule has 0 saturated carbocycles. The summed E-state index contributed by atoms with van der Waals surface area (Å²) in [5.74, 6) is -1.22. The maximum Gasteiger partial charge on any atom is 0.314 e. The SMILES string of the molecule is CC1=CC=C(C)C(C(=O)O)C(C)=C1. The number of hydrogen-bond donors (Lipinski definition) is 1. The van der Waals surface area contributed by atoms with E-state index < -0.39 is 11.9 Å². The van der Waals surface area contributed by atoms with Gasteiger partial charge < -0.3 is 5.11 Å². The van der Waals surface area contributed by atoms with E-state index in [-0.39, 0.29) is 0 Å². The summed E-state index contributed by atoms with van der Waals surface area (Å²) in [5, 5.41) is 8.99. The highest BCUT2D eigenvalue weighted by molar-refractivity contribution is 5.77. The number of hydrogen-bond acceptors (Lipinski definition) is 1. The van der Waals surface area contributed by atoms with Gasteiger partial charge in [-0.05, 0) is 20.8 Å². The summed E-state index contributed by atoms with van der Waals surface area (Å²) in [5.41, 5.74) is 2.88. The second kappa shape index (κ2) is 3.60. The molecule has 0 aliphatic heterocycles. The van der Waals surface area contributed by atoms with Crippen LogP contribution in [0.1, 0.15) is 20.8 Å². The van der Waals surface area contributed by atoms with E-state index in [4.69, 9.17) is 5.11 Å². The fourth-order valence-corrected chi connectivity index (χ4v) is 1.60. The standard InChI is InChI=1S/C11H14O2/c1-7-4-5-8(2)10(11(12)13)9(3)6-7/h4-6,10H,1-3H3,(H,12,13). The highest BCUT2D eigenvalue weighted by Crippen LogP contribution is 2.24. The summed E-state index contributed by atoms with van der Waals surface area (Å²) in [6.07, 6.45) is 5.74. The van der Waals surface area contributed by atoms with Gasteiger partial charge in [0, 0.05) is 0 Å². The van der Waals surface area contributed by atoms with Gasteiger partial charge in [-0.3, -0.25) is 4.79 Å². The summed E-state index contributed by atoms with van der Waals surface area (Å²) in [7, 11) is 0. The first-order valence-electron chi connectivity index (χ1n) is 4.28. The molecule has 1 aliphatic rings. The Balaban J connectivity index is 3.12. The lowest BCUT2D eigenvalue weighted by Gasteiger charge is -2.11. The first-order chi connectivity index (χ1) is 6.02. The Kier molecular flexibility index (Phi) is 2.71. The van der Waals surface area contributed by atoms with Gasteiger partial charge in [0.2, 0.25) is 0 Å². The van der Waals surface area contributed by atoms with Crippen LogP contribution in [-0.2, 0) is 4.79 Å². The van der Waals surface area contributed by atoms with Crippen LogP contribution in [0, 0.1) is 5.92 Å². The van der Waals surface area contributed by atoms with E-state index in [1.165, 1.54) is 0 Å². The minimum absolute atomic E-state index is 0.450. The molecule has 1 unspecified atom stereocenters. The first-order valence-corrected chi connectivity index (χ1v) is 4.28. The molecule has 0 aromatic heterocycles. The van der Waals surface area contributed by atoms with Crippen molar-refractivity contribution in [3.8, 4) is 0 Å². The first kappa shape index (κ1) is 9.78. The van der Waals surface area contributed by atoms with Crippen LogP contribution < -0.4 is 0 Å². The van der Waals surface area contributed by atoms with Crippen molar-refractivity contribution >= 4 is 5.97 Å². The molecule has 0 aromatic rings. The number of carbonyl (C=O) groups is 1. The van der Waals surface area contributed by atoms with Gasteiger partial charge in [-0.1, -0.05) is 34.9 Å². The van der Waals surface area contributed by atoms with Crippen LogP contribution in [0.15, 0.2) is 34.9 Å². The van der Waals surface area contributed by atoms with E-state index in [2.05, 4.69) is 0 Å². The molecule has 0 amide bonds. The van der Waals surface area contributed by atoms with Crippen LogP contribution in [0.4, 0.5) is 0 Å². The predicted octanol–water partition coefficient (Wildman–Crippen LogP) is 2.54. The molecule has 0 spiro atoms. The average Bonchev–Trinajstić information content (AvgIpc) is 2.10. The summed E-state index contributed by atoms with van der Waals surface area (Å²) in [4.78, 5) is 10.9. The molecule has 0 bridgehead atoms. The van der Waals surface area contributed by atoms with Gasteiger partial charge in [-0.2, -0.15) is 0 Å². The van der Waals surface area contributed by atoms with Gasteiger partial charge in [0.25, 0.3) is 0 Å². The Morgan fingerprint density at radius 2 is 1.85 bits per heavy atom. The Bertz CT molecular complexity index is 319. The van der Waals surface area contributed by atoms with Crippen molar-refractivity contribution in [3.63, 3.8) is 0 Å². The summed E-state index contributed by atoms with van der Waals surface area (Å²) in [6.45, 7) is 5.68. The van der Waals surface area contributed by atoms with Crippen molar-refractivity contribution in [2.75, 3.05) is 0 Å². The molecule has 0 radical (unpaired) electrons. The number of allylic oxidation sites excluding steroid dienone is 4. The Morgan fingerprint density at radius 1 is 1.23 bits per heavy atom. The highest BCUT2D eigenvalue weighted by atomic mass is 16.4. The molecule has 1 atom stereocenters. The average molecular weight is 178 g/mol. The Hall–Kier alpha value is -1.31. The van der Waals surface area contributed by atoms with Crippen molar-refractivity contribution in [2.45, 2.75) is 20.8 Å². The van der Waals surface area contributed by atoms with Crippen molar-refractivity contribution < 1.29 is 9.90 Å². The number of aliphatic carboxylic acids is 1. The van der Waals surface area contributed by atoms with Crippen molar-refractivity contribution in [1.82, 2.24) is 0 Å². The van der Waals surface area contributed by atoms with Gasteiger partial charge in [0.15, 0.2) is 0 Å². The van der Waals surface area contributed by atoms with Gasteiger partial charge in [0.05, 0.1) is 5.92 Å². The topological polar surface area (TPSA) is 37.3 Å². The van der Waals surface area contributed by atoms with E-state index in [0.717, 1.165) is 16.7 Å². The summed E-state index contributed by atoms with van der Waals surface area (Å²) >= 11 is 0. The molecular formula is C11H14O2. The molecule has 2 heteroatoms. The van der Waals surface area contributed by atoms with E-state index in [1.807, 2.05) is 39.0 Å². The molecule has 0 fully saturated rings. The lowest BCUT2D eigenvalue weighted by Crippen LogP contribution is -2.15. The zero-order valence-corrected chi connectivity index (χ0v) is 8.16. The molecular weight excluding hydrogens is 164 g/mol. The van der Waals surface area contributed by atoms with Crippen LogP contribution in [0.3, 0.4) is 0 Å². The zero-order valence-electron chi connectivity index (χ0n) is 8.16. The molecule has 70 valence electrons. The predicted molar refractivity (Wildman–Crippen MR) is 52.4 cm³/mol. The van der Waals surface area contributed by atoms with Gasteiger partial charge >= 0.3 is 5.97 Å². The molecule has 0 aromatic carbocycles. The molecule has 13 heavy (non-hydrogen) atoms. The Labute approximate surface area is 78.3 Å². The lowest BCUT2D eigenvalue weighted by molar-refractivity contribution is -0.139. The summed E-state index contributed by atoms with van der Waals surface area (Å²) < 4.78 is 0. The number of rotatable bonds is 1. The van der Waals surface area contributed by atoms with Gasteiger partial charge in [-0.15, -0.1) is 0 Å². The minimum Gasteiger partial charge on any atom is -0.481 e. The maximum absolute atomic E-state index is 10.9. The quantitative estimate of drug-likeness (QED) is 0.670. The second-order valence-electron chi connectivity index (χ2n) is 3.48. The molecule has 1 N–H and O–H groups in total. The van der Waals surface area contributed by atoms with Crippen molar-refractivity contribution in [1.29, 1.82) is 0 Å². The van der Waals surface area contributed by atoms with Gasteiger partial charge in [-0.25, -0.2) is 0 Å². The maximum atomic E-state index is 10.9. The van der Waals surface area contributed by atoms with Crippen LogP contribution in [0.2, 0.25) is 0 Å². The number of carboxylic acids is 1. The van der Waals surface area contributed by atoms with Crippen LogP contribution in [0.25, 0.3) is 0 Å². The van der Waals surface area contributed by atoms with E-state index >= 15 is 0 Å². The number of carboxylic acid groups (broad SMARTS) is 1. The fourth-order valence-electron chi connectivity index (χ4n) is 1.60. The Morgan fingerprint density at radius 3 is 2.38 bits per heavy atom. The molecule has 1 aliphatic carbocycles.